The highest BCUT2D eigenvalue weighted by Gasteiger charge is 2.27. The monoisotopic (exact) mass is 187 g/mol. The molecule has 0 atom stereocenters. The maximum Gasteiger partial charge on any atom is 0.116 e. The van der Waals surface area contributed by atoms with Gasteiger partial charge in [-0.2, -0.15) is 0 Å². The van der Waals surface area contributed by atoms with Crippen molar-refractivity contribution in [3.8, 4) is 0 Å². The largest absolute Gasteiger partial charge is 0.326 e. The fourth-order valence-corrected chi connectivity index (χ4v) is 1.82. The van der Waals surface area contributed by atoms with Crippen molar-refractivity contribution in [2.75, 3.05) is 0 Å². The van der Waals surface area contributed by atoms with Gasteiger partial charge in [0.05, 0.1) is 11.7 Å². The van der Waals surface area contributed by atoms with E-state index in [-0.39, 0.29) is 0 Å². The smallest absolute Gasteiger partial charge is 0.116 e. The van der Waals surface area contributed by atoms with E-state index >= 15 is 0 Å². The first-order valence-corrected chi connectivity index (χ1v) is 5.04. The van der Waals surface area contributed by atoms with E-state index in [1.54, 1.807) is 0 Å². The van der Waals surface area contributed by atoms with Crippen LogP contribution in [0.15, 0.2) is 24.5 Å². The quantitative estimate of drug-likeness (QED) is 0.777. The summed E-state index contributed by atoms with van der Waals surface area (Å²) in [5.41, 5.74) is 7.95. The molecule has 2 aromatic heterocycles. The van der Waals surface area contributed by atoms with Gasteiger partial charge in [-0.3, -0.25) is 0 Å². The maximum atomic E-state index is 5.62. The van der Waals surface area contributed by atoms with Crippen LogP contribution >= 0.6 is 0 Å². The van der Waals surface area contributed by atoms with Crippen LogP contribution in [0.1, 0.15) is 30.1 Å². The van der Waals surface area contributed by atoms with Crippen LogP contribution in [-0.4, -0.2) is 9.38 Å². The van der Waals surface area contributed by atoms with E-state index in [1.165, 1.54) is 24.2 Å². The summed E-state index contributed by atoms with van der Waals surface area (Å²) < 4.78 is 2.18. The molecule has 0 aliphatic heterocycles. The molecule has 0 saturated heterocycles. The molecule has 2 aromatic rings. The fourth-order valence-electron chi connectivity index (χ4n) is 1.82. The molecular formula is C11H13N3. The van der Waals surface area contributed by atoms with Crippen LogP contribution in [0.3, 0.4) is 0 Å². The average molecular weight is 187 g/mol. The van der Waals surface area contributed by atoms with Crippen LogP contribution < -0.4 is 5.73 Å². The Labute approximate surface area is 82.6 Å². The first-order valence-electron chi connectivity index (χ1n) is 5.04. The van der Waals surface area contributed by atoms with Crippen LogP contribution in [0.5, 0.6) is 0 Å². The van der Waals surface area contributed by atoms with Gasteiger partial charge in [0.1, 0.15) is 5.82 Å². The van der Waals surface area contributed by atoms with Gasteiger partial charge in [-0.15, -0.1) is 0 Å². The summed E-state index contributed by atoms with van der Waals surface area (Å²) in [6, 6.07) is 4.15. The minimum atomic E-state index is 0.595. The van der Waals surface area contributed by atoms with E-state index in [0.717, 1.165) is 5.56 Å². The van der Waals surface area contributed by atoms with Crippen molar-refractivity contribution >= 4 is 5.52 Å². The lowest BCUT2D eigenvalue weighted by atomic mass is 10.2. The van der Waals surface area contributed by atoms with Crippen molar-refractivity contribution in [1.82, 2.24) is 9.38 Å². The summed E-state index contributed by atoms with van der Waals surface area (Å²) in [5, 5.41) is 0. The molecule has 0 radical (unpaired) electrons. The highest BCUT2D eigenvalue weighted by atomic mass is 15.0. The first-order chi connectivity index (χ1) is 6.88. The molecule has 1 saturated carbocycles. The van der Waals surface area contributed by atoms with Gasteiger partial charge in [0, 0.05) is 18.7 Å². The van der Waals surface area contributed by atoms with Crippen LogP contribution in [0.25, 0.3) is 5.52 Å². The standard InChI is InChI=1S/C11H13N3/c12-5-8-1-4-10-6-13-11(9-2-3-9)14(10)7-8/h1,4,6-7,9H,2-3,5,12H2. The van der Waals surface area contributed by atoms with E-state index in [0.29, 0.717) is 12.5 Å². The highest BCUT2D eigenvalue weighted by molar-refractivity contribution is 5.47. The summed E-state index contributed by atoms with van der Waals surface area (Å²) in [4.78, 5) is 4.45. The molecule has 0 bridgehead atoms. The molecule has 2 heterocycles. The maximum absolute atomic E-state index is 5.62. The molecule has 2 N–H and O–H groups in total. The second-order valence-corrected chi connectivity index (χ2v) is 3.93. The van der Waals surface area contributed by atoms with E-state index in [9.17, 15) is 0 Å². The van der Waals surface area contributed by atoms with Crippen molar-refractivity contribution in [3.05, 3.63) is 35.9 Å². The van der Waals surface area contributed by atoms with Gasteiger partial charge in [-0.1, -0.05) is 6.07 Å². The van der Waals surface area contributed by atoms with Gasteiger partial charge in [-0.05, 0) is 24.5 Å². The molecule has 0 aromatic carbocycles. The van der Waals surface area contributed by atoms with Gasteiger partial charge < -0.3 is 10.1 Å². The third-order valence-electron chi connectivity index (χ3n) is 2.80. The second kappa shape index (κ2) is 2.82. The minimum absolute atomic E-state index is 0.595. The molecule has 3 heteroatoms. The summed E-state index contributed by atoms with van der Waals surface area (Å²) in [7, 11) is 0. The summed E-state index contributed by atoms with van der Waals surface area (Å²) >= 11 is 0. The Balaban J connectivity index is 2.20. The Morgan fingerprint density at radius 3 is 3.00 bits per heavy atom. The van der Waals surface area contributed by atoms with Gasteiger partial charge in [0.25, 0.3) is 0 Å². The zero-order valence-electron chi connectivity index (χ0n) is 7.98. The average Bonchev–Trinajstić information content (AvgIpc) is 2.98. The van der Waals surface area contributed by atoms with Crippen molar-refractivity contribution in [1.29, 1.82) is 0 Å². The Kier molecular flexibility index (Phi) is 1.61. The highest BCUT2D eigenvalue weighted by Crippen LogP contribution is 2.39. The van der Waals surface area contributed by atoms with Crippen molar-refractivity contribution < 1.29 is 0 Å². The first kappa shape index (κ1) is 8.00. The predicted molar refractivity (Wildman–Crippen MR) is 55.1 cm³/mol. The Morgan fingerprint density at radius 2 is 2.29 bits per heavy atom. The Morgan fingerprint density at radius 1 is 1.43 bits per heavy atom. The Hall–Kier alpha value is -1.35. The SMILES string of the molecule is NCc1ccc2cnc(C3CC3)n2c1. The molecule has 1 aliphatic carbocycles. The number of hydrogen-bond acceptors (Lipinski definition) is 2. The lowest BCUT2D eigenvalue weighted by Gasteiger charge is -2.01. The third-order valence-corrected chi connectivity index (χ3v) is 2.80. The molecular weight excluding hydrogens is 174 g/mol. The van der Waals surface area contributed by atoms with Gasteiger partial charge >= 0.3 is 0 Å². The molecule has 3 nitrogen and oxygen atoms in total. The van der Waals surface area contributed by atoms with Gasteiger partial charge in [-0.25, -0.2) is 4.98 Å². The zero-order valence-corrected chi connectivity index (χ0v) is 7.98. The van der Waals surface area contributed by atoms with Crippen LogP contribution in [-0.2, 0) is 6.54 Å². The van der Waals surface area contributed by atoms with E-state index in [1.807, 2.05) is 6.20 Å². The second-order valence-electron chi connectivity index (χ2n) is 3.93. The number of rotatable bonds is 2. The lowest BCUT2D eigenvalue weighted by molar-refractivity contribution is 0.906. The summed E-state index contributed by atoms with van der Waals surface area (Å²) in [6.45, 7) is 0.595. The van der Waals surface area contributed by atoms with Crippen molar-refractivity contribution in [2.24, 2.45) is 5.73 Å². The number of pyridine rings is 1. The summed E-state index contributed by atoms with van der Waals surface area (Å²) in [6.07, 6.45) is 6.61. The Bertz CT molecular complexity index is 468. The fraction of sp³-hybridized carbons (Fsp3) is 0.364. The van der Waals surface area contributed by atoms with Crippen molar-refractivity contribution in [2.45, 2.75) is 25.3 Å². The zero-order chi connectivity index (χ0) is 9.54. The summed E-state index contributed by atoms with van der Waals surface area (Å²) in [5.74, 6) is 1.89. The number of imidazole rings is 1. The lowest BCUT2D eigenvalue weighted by Crippen LogP contribution is -1.99. The number of nitrogens with two attached hydrogens (primary N) is 1. The topological polar surface area (TPSA) is 43.3 Å². The molecule has 0 spiro atoms. The molecule has 14 heavy (non-hydrogen) atoms. The van der Waals surface area contributed by atoms with Crippen LogP contribution in [0.4, 0.5) is 0 Å². The molecule has 72 valence electrons. The molecule has 0 amide bonds. The number of aromatic nitrogens is 2. The van der Waals surface area contributed by atoms with Crippen LogP contribution in [0, 0.1) is 0 Å². The molecule has 0 unspecified atom stereocenters. The molecule has 3 rings (SSSR count). The van der Waals surface area contributed by atoms with E-state index in [4.69, 9.17) is 5.73 Å². The van der Waals surface area contributed by atoms with E-state index in [2.05, 4.69) is 27.7 Å². The number of hydrogen-bond donors (Lipinski definition) is 1. The van der Waals surface area contributed by atoms with Gasteiger partial charge in [0.2, 0.25) is 0 Å². The molecule has 1 fully saturated rings. The number of nitrogens with zero attached hydrogens (tertiary/aromatic N) is 2. The van der Waals surface area contributed by atoms with E-state index < -0.39 is 0 Å². The normalized spacial score (nSPS) is 16.4. The molecule has 1 aliphatic rings. The van der Waals surface area contributed by atoms with Crippen LogP contribution in [0.2, 0.25) is 0 Å². The number of fused-ring (bicyclic) bond motifs is 1. The van der Waals surface area contributed by atoms with Crippen molar-refractivity contribution in [3.63, 3.8) is 0 Å². The minimum Gasteiger partial charge on any atom is -0.326 e. The predicted octanol–water partition coefficient (Wildman–Crippen LogP) is 1.67. The third kappa shape index (κ3) is 1.13. The van der Waals surface area contributed by atoms with Gasteiger partial charge in [0.15, 0.2) is 0 Å².